The van der Waals surface area contributed by atoms with E-state index in [0.29, 0.717) is 11.6 Å². The van der Waals surface area contributed by atoms with Crippen molar-refractivity contribution in [3.8, 4) is 0 Å². The van der Waals surface area contributed by atoms with Gasteiger partial charge in [0.2, 0.25) is 0 Å². The summed E-state index contributed by atoms with van der Waals surface area (Å²) in [5.41, 5.74) is 8.62. The van der Waals surface area contributed by atoms with Gasteiger partial charge in [-0.1, -0.05) is 6.07 Å². The van der Waals surface area contributed by atoms with Crippen molar-refractivity contribution in [1.82, 2.24) is 4.90 Å². The van der Waals surface area contributed by atoms with Crippen molar-refractivity contribution in [3.05, 3.63) is 23.8 Å². The van der Waals surface area contributed by atoms with Crippen LogP contribution in [-0.2, 0) is 0 Å². The van der Waals surface area contributed by atoms with Gasteiger partial charge in [0, 0.05) is 13.1 Å². The van der Waals surface area contributed by atoms with Crippen molar-refractivity contribution in [2.24, 2.45) is 0 Å². The van der Waals surface area contributed by atoms with Gasteiger partial charge >= 0.3 is 6.03 Å². The molecule has 1 saturated carbocycles. The van der Waals surface area contributed by atoms with E-state index in [1.807, 2.05) is 17.0 Å². The summed E-state index contributed by atoms with van der Waals surface area (Å²) in [4.78, 5) is 13.9. The number of urea groups is 1. The molecule has 0 atom stereocenters. The van der Waals surface area contributed by atoms with Gasteiger partial charge in [0.1, 0.15) is 0 Å². The zero-order valence-corrected chi connectivity index (χ0v) is 10.5. The molecule has 3 rings (SSSR count). The van der Waals surface area contributed by atoms with Gasteiger partial charge in [0.15, 0.2) is 0 Å². The molecular formula is C14H19N3O. The second-order valence-corrected chi connectivity index (χ2v) is 5.25. The average molecular weight is 245 g/mol. The van der Waals surface area contributed by atoms with Crippen molar-refractivity contribution >= 4 is 17.4 Å². The Labute approximate surface area is 107 Å². The van der Waals surface area contributed by atoms with Crippen LogP contribution < -0.4 is 11.1 Å². The summed E-state index contributed by atoms with van der Waals surface area (Å²) in [7, 11) is 0. The van der Waals surface area contributed by atoms with Crippen LogP contribution >= 0.6 is 0 Å². The van der Waals surface area contributed by atoms with Gasteiger partial charge in [0.25, 0.3) is 0 Å². The first-order chi connectivity index (χ1) is 8.74. The Kier molecular flexibility index (Phi) is 2.86. The lowest BCUT2D eigenvalue weighted by Gasteiger charge is -2.17. The topological polar surface area (TPSA) is 58.4 Å². The number of rotatable bonds is 2. The molecule has 0 unspecified atom stereocenters. The van der Waals surface area contributed by atoms with E-state index in [1.54, 1.807) is 0 Å². The average Bonchev–Trinajstić information content (AvgIpc) is 3.06. The highest BCUT2D eigenvalue weighted by atomic mass is 16.2. The Morgan fingerprint density at radius 1 is 1.28 bits per heavy atom. The Hall–Kier alpha value is -1.71. The minimum atomic E-state index is -0.0212. The summed E-state index contributed by atoms with van der Waals surface area (Å²) in [5.74, 6) is 0.674. The molecule has 2 amide bonds. The smallest absolute Gasteiger partial charge is 0.321 e. The predicted molar refractivity (Wildman–Crippen MR) is 72.7 cm³/mol. The lowest BCUT2D eigenvalue weighted by Crippen LogP contribution is -2.32. The molecule has 0 spiro atoms. The van der Waals surface area contributed by atoms with Crippen LogP contribution in [0.25, 0.3) is 0 Å². The van der Waals surface area contributed by atoms with Crippen molar-refractivity contribution in [2.45, 2.75) is 31.6 Å². The van der Waals surface area contributed by atoms with Crippen LogP contribution in [-0.4, -0.2) is 24.0 Å². The van der Waals surface area contributed by atoms with Crippen molar-refractivity contribution in [2.75, 3.05) is 24.1 Å². The number of nitrogens with one attached hydrogen (secondary N) is 1. The largest absolute Gasteiger partial charge is 0.397 e. The molecule has 1 aromatic rings. The first-order valence-corrected chi connectivity index (χ1v) is 6.69. The Balaban J connectivity index is 1.74. The van der Waals surface area contributed by atoms with E-state index in [-0.39, 0.29) is 6.03 Å². The van der Waals surface area contributed by atoms with E-state index in [2.05, 4.69) is 11.4 Å². The molecule has 1 aliphatic carbocycles. The van der Waals surface area contributed by atoms with Crippen LogP contribution in [0.4, 0.5) is 16.2 Å². The van der Waals surface area contributed by atoms with E-state index < -0.39 is 0 Å². The maximum absolute atomic E-state index is 12.0. The van der Waals surface area contributed by atoms with Crippen LogP contribution in [0.5, 0.6) is 0 Å². The van der Waals surface area contributed by atoms with Crippen molar-refractivity contribution < 1.29 is 4.79 Å². The highest BCUT2D eigenvalue weighted by molar-refractivity contribution is 5.93. The fraction of sp³-hybridized carbons (Fsp3) is 0.500. The van der Waals surface area contributed by atoms with E-state index >= 15 is 0 Å². The molecule has 2 fully saturated rings. The molecule has 0 aromatic heterocycles. The first kappa shape index (κ1) is 11.4. The van der Waals surface area contributed by atoms with Crippen LogP contribution in [0.1, 0.15) is 37.2 Å². The number of carbonyl (C=O) groups is 1. The zero-order valence-electron chi connectivity index (χ0n) is 10.5. The number of nitrogen functional groups attached to an aromatic ring is 1. The number of nitrogens with two attached hydrogens (primary N) is 1. The maximum Gasteiger partial charge on any atom is 0.321 e. The fourth-order valence-corrected chi connectivity index (χ4v) is 2.47. The molecular weight excluding hydrogens is 226 g/mol. The minimum absolute atomic E-state index is 0.0212. The first-order valence-electron chi connectivity index (χ1n) is 6.69. The number of anilines is 2. The van der Waals surface area contributed by atoms with E-state index in [1.165, 1.54) is 18.4 Å². The van der Waals surface area contributed by atoms with Gasteiger partial charge in [-0.15, -0.1) is 0 Å². The normalized spacial score (nSPS) is 19.0. The van der Waals surface area contributed by atoms with E-state index in [0.717, 1.165) is 31.6 Å². The zero-order chi connectivity index (χ0) is 12.5. The van der Waals surface area contributed by atoms with Crippen LogP contribution in [0.3, 0.4) is 0 Å². The Bertz CT molecular complexity index is 462. The number of hydrogen-bond acceptors (Lipinski definition) is 2. The van der Waals surface area contributed by atoms with Gasteiger partial charge < -0.3 is 16.0 Å². The van der Waals surface area contributed by atoms with E-state index in [9.17, 15) is 4.79 Å². The van der Waals surface area contributed by atoms with Crippen LogP contribution in [0.15, 0.2) is 18.2 Å². The molecule has 0 radical (unpaired) electrons. The number of amides is 2. The number of likely N-dealkylation sites (tertiary alicyclic amines) is 1. The summed E-state index contributed by atoms with van der Waals surface area (Å²) in [5, 5.41) is 2.94. The summed E-state index contributed by atoms with van der Waals surface area (Å²) < 4.78 is 0. The number of carbonyl (C=O) groups excluding carboxylic acids is 1. The molecule has 1 heterocycles. The molecule has 1 saturated heterocycles. The molecule has 0 bridgehead atoms. The quantitative estimate of drug-likeness (QED) is 0.787. The third-order valence-corrected chi connectivity index (χ3v) is 3.76. The molecule has 1 aliphatic heterocycles. The minimum Gasteiger partial charge on any atom is -0.397 e. The van der Waals surface area contributed by atoms with Gasteiger partial charge in [-0.25, -0.2) is 4.79 Å². The van der Waals surface area contributed by atoms with Crippen molar-refractivity contribution in [3.63, 3.8) is 0 Å². The van der Waals surface area contributed by atoms with Crippen molar-refractivity contribution in [1.29, 1.82) is 0 Å². The van der Waals surface area contributed by atoms with Gasteiger partial charge in [-0.2, -0.15) is 0 Å². The number of benzene rings is 1. The van der Waals surface area contributed by atoms with Crippen LogP contribution in [0.2, 0.25) is 0 Å². The second kappa shape index (κ2) is 4.52. The SMILES string of the molecule is Nc1ccc(C2CC2)cc1NC(=O)N1CCCC1. The fourth-order valence-electron chi connectivity index (χ4n) is 2.47. The Morgan fingerprint density at radius 2 is 2.00 bits per heavy atom. The summed E-state index contributed by atoms with van der Waals surface area (Å²) in [6.07, 6.45) is 4.71. The highest BCUT2D eigenvalue weighted by Gasteiger charge is 2.24. The number of nitrogens with zero attached hydrogens (tertiary/aromatic N) is 1. The van der Waals surface area contributed by atoms with Gasteiger partial charge in [-0.05, 0) is 49.3 Å². The Morgan fingerprint density at radius 3 is 2.67 bits per heavy atom. The predicted octanol–water partition coefficient (Wildman–Crippen LogP) is 2.77. The molecule has 2 aliphatic rings. The third kappa shape index (κ3) is 2.28. The van der Waals surface area contributed by atoms with Gasteiger partial charge in [0.05, 0.1) is 11.4 Å². The molecule has 4 heteroatoms. The molecule has 18 heavy (non-hydrogen) atoms. The lowest BCUT2D eigenvalue weighted by atomic mass is 10.1. The summed E-state index contributed by atoms with van der Waals surface area (Å²) >= 11 is 0. The molecule has 96 valence electrons. The summed E-state index contributed by atoms with van der Waals surface area (Å²) in [6, 6.07) is 5.97. The second-order valence-electron chi connectivity index (χ2n) is 5.25. The standard InChI is InChI=1S/C14H19N3O/c15-12-6-5-11(10-3-4-10)9-13(12)16-14(18)17-7-1-2-8-17/h5-6,9-10H,1-4,7-8,15H2,(H,16,18). The lowest BCUT2D eigenvalue weighted by molar-refractivity contribution is 0.222. The molecule has 3 N–H and O–H groups in total. The highest BCUT2D eigenvalue weighted by Crippen LogP contribution is 2.41. The molecule has 1 aromatic carbocycles. The van der Waals surface area contributed by atoms with E-state index in [4.69, 9.17) is 5.73 Å². The third-order valence-electron chi connectivity index (χ3n) is 3.76. The summed E-state index contributed by atoms with van der Waals surface area (Å²) in [6.45, 7) is 1.71. The van der Waals surface area contributed by atoms with Crippen LogP contribution in [0, 0.1) is 0 Å². The number of hydrogen-bond donors (Lipinski definition) is 2. The van der Waals surface area contributed by atoms with Gasteiger partial charge in [-0.3, -0.25) is 0 Å². The maximum atomic E-state index is 12.0. The monoisotopic (exact) mass is 245 g/mol. The molecule has 4 nitrogen and oxygen atoms in total.